The number of alkyl halides is 1. The van der Waals surface area contributed by atoms with Crippen LogP contribution >= 0.6 is 11.6 Å². The van der Waals surface area contributed by atoms with Crippen LogP contribution in [0.5, 0.6) is 0 Å². The number of nitrogens with zero attached hydrogens (tertiary/aromatic N) is 1. The van der Waals surface area contributed by atoms with Crippen LogP contribution in [0.1, 0.15) is 22.9 Å². The number of pyridine rings is 1. The normalized spacial score (nSPS) is 12.4. The fourth-order valence-electron chi connectivity index (χ4n) is 1.71. The molecule has 3 heteroatoms. The third-order valence-electron chi connectivity index (χ3n) is 2.61. The summed E-state index contributed by atoms with van der Waals surface area (Å²) in [5.74, 6) is -0.298. The van der Waals surface area contributed by atoms with Crippen molar-refractivity contribution in [2.24, 2.45) is 0 Å². The van der Waals surface area contributed by atoms with Crippen molar-refractivity contribution in [3.63, 3.8) is 0 Å². The molecular formula is C14H13ClFN. The second-order valence-corrected chi connectivity index (χ2v) is 4.46. The minimum atomic E-state index is -0.298. The van der Waals surface area contributed by atoms with Crippen molar-refractivity contribution >= 4 is 11.6 Å². The molecule has 1 aromatic heterocycles. The highest BCUT2D eigenvalue weighted by Crippen LogP contribution is 2.25. The second kappa shape index (κ2) is 5.78. The van der Waals surface area contributed by atoms with Gasteiger partial charge in [-0.1, -0.05) is 30.3 Å². The third-order valence-corrected chi connectivity index (χ3v) is 3.08. The molecule has 1 atom stereocenters. The van der Waals surface area contributed by atoms with E-state index in [4.69, 9.17) is 11.6 Å². The Kier molecular flexibility index (Phi) is 4.10. The fraction of sp³-hybridized carbons (Fsp3) is 0.214. The summed E-state index contributed by atoms with van der Waals surface area (Å²) >= 11 is 6.28. The minimum Gasteiger partial charge on any atom is -0.261 e. The van der Waals surface area contributed by atoms with Crippen LogP contribution in [0.3, 0.4) is 0 Å². The average molecular weight is 250 g/mol. The summed E-state index contributed by atoms with van der Waals surface area (Å²) in [4.78, 5) is 3.82. The maximum atomic E-state index is 12.9. The van der Waals surface area contributed by atoms with Crippen LogP contribution in [0.15, 0.2) is 48.8 Å². The van der Waals surface area contributed by atoms with Gasteiger partial charge in [-0.3, -0.25) is 4.98 Å². The van der Waals surface area contributed by atoms with Crippen LogP contribution < -0.4 is 0 Å². The van der Waals surface area contributed by atoms with E-state index < -0.39 is 0 Å². The van der Waals surface area contributed by atoms with Gasteiger partial charge in [-0.15, -0.1) is 11.6 Å². The molecular weight excluding hydrogens is 237 g/mol. The van der Waals surface area contributed by atoms with Gasteiger partial charge in [0.2, 0.25) is 0 Å². The molecule has 0 saturated carbocycles. The molecule has 0 bridgehead atoms. The van der Waals surface area contributed by atoms with Gasteiger partial charge in [0.05, 0.1) is 11.6 Å². The molecule has 17 heavy (non-hydrogen) atoms. The number of hydrogen-bond acceptors (Lipinski definition) is 1. The summed E-state index contributed by atoms with van der Waals surface area (Å²) in [6.07, 6.45) is 4.39. The Morgan fingerprint density at radius 2 is 1.94 bits per heavy atom. The number of halogens is 2. The Bertz CT molecular complexity index is 473. The van der Waals surface area contributed by atoms with Crippen LogP contribution in [-0.4, -0.2) is 4.98 Å². The van der Waals surface area contributed by atoms with Gasteiger partial charge < -0.3 is 0 Å². The van der Waals surface area contributed by atoms with Crippen LogP contribution in [-0.2, 0) is 6.42 Å². The van der Waals surface area contributed by atoms with Crippen molar-refractivity contribution in [3.05, 3.63) is 65.7 Å². The molecule has 0 amide bonds. The summed E-state index contributed by atoms with van der Waals surface area (Å²) in [6.45, 7) is 0. The molecule has 0 spiro atoms. The summed E-state index contributed by atoms with van der Waals surface area (Å²) < 4.78 is 12.9. The Balaban J connectivity index is 1.95. The lowest BCUT2D eigenvalue weighted by molar-refractivity contribution is 0.617. The second-order valence-electron chi connectivity index (χ2n) is 3.93. The van der Waals surface area contributed by atoms with E-state index in [1.165, 1.54) is 12.3 Å². The first-order valence-corrected chi connectivity index (χ1v) is 5.98. The number of benzene rings is 1. The maximum Gasteiger partial charge on any atom is 0.141 e. The van der Waals surface area contributed by atoms with Crippen molar-refractivity contribution in [1.82, 2.24) is 4.98 Å². The lowest BCUT2D eigenvalue weighted by Crippen LogP contribution is -1.95. The average Bonchev–Trinajstić information content (AvgIpc) is 2.37. The zero-order valence-electron chi connectivity index (χ0n) is 9.31. The molecule has 0 aliphatic carbocycles. The highest BCUT2D eigenvalue weighted by molar-refractivity contribution is 6.20. The molecule has 0 radical (unpaired) electrons. The van der Waals surface area contributed by atoms with Crippen molar-refractivity contribution in [2.75, 3.05) is 0 Å². The molecule has 0 fully saturated rings. The molecule has 2 aromatic rings. The molecule has 0 N–H and O–H groups in total. The summed E-state index contributed by atoms with van der Waals surface area (Å²) in [5.41, 5.74) is 1.98. The first-order valence-electron chi connectivity index (χ1n) is 5.54. The Morgan fingerprint density at radius 1 is 1.18 bits per heavy atom. The van der Waals surface area contributed by atoms with Gasteiger partial charge in [0.1, 0.15) is 5.82 Å². The third kappa shape index (κ3) is 3.53. The van der Waals surface area contributed by atoms with Crippen LogP contribution in [0.2, 0.25) is 0 Å². The SMILES string of the molecule is Fc1cncc(CCC(Cl)c2ccccc2)c1. The fourth-order valence-corrected chi connectivity index (χ4v) is 1.97. The van der Waals surface area contributed by atoms with Crippen LogP contribution in [0, 0.1) is 5.82 Å². The Labute approximate surface area is 105 Å². The van der Waals surface area contributed by atoms with E-state index in [2.05, 4.69) is 4.98 Å². The number of rotatable bonds is 4. The van der Waals surface area contributed by atoms with E-state index in [0.29, 0.717) is 0 Å². The highest BCUT2D eigenvalue weighted by atomic mass is 35.5. The molecule has 0 aliphatic heterocycles. The molecule has 1 aromatic carbocycles. The zero-order valence-corrected chi connectivity index (χ0v) is 10.1. The Hall–Kier alpha value is -1.41. The quantitative estimate of drug-likeness (QED) is 0.743. The largest absolute Gasteiger partial charge is 0.261 e. The molecule has 2 rings (SSSR count). The summed E-state index contributed by atoms with van der Waals surface area (Å²) in [7, 11) is 0. The van der Waals surface area contributed by atoms with Crippen molar-refractivity contribution in [1.29, 1.82) is 0 Å². The van der Waals surface area contributed by atoms with Crippen LogP contribution in [0.4, 0.5) is 4.39 Å². The van der Waals surface area contributed by atoms with Gasteiger partial charge in [-0.05, 0) is 30.0 Å². The summed E-state index contributed by atoms with van der Waals surface area (Å²) in [5, 5.41) is -0.0422. The van der Waals surface area contributed by atoms with E-state index in [0.717, 1.165) is 24.0 Å². The van der Waals surface area contributed by atoms with Gasteiger partial charge in [-0.2, -0.15) is 0 Å². The Morgan fingerprint density at radius 3 is 2.65 bits per heavy atom. The topological polar surface area (TPSA) is 12.9 Å². The first kappa shape index (κ1) is 12.1. The predicted molar refractivity (Wildman–Crippen MR) is 67.6 cm³/mol. The maximum absolute atomic E-state index is 12.9. The van der Waals surface area contributed by atoms with Gasteiger partial charge in [0, 0.05) is 6.20 Å². The lowest BCUT2D eigenvalue weighted by Gasteiger charge is -2.09. The monoisotopic (exact) mass is 249 g/mol. The van der Waals surface area contributed by atoms with Crippen molar-refractivity contribution < 1.29 is 4.39 Å². The van der Waals surface area contributed by atoms with Gasteiger partial charge >= 0.3 is 0 Å². The molecule has 1 heterocycles. The number of aromatic nitrogens is 1. The lowest BCUT2D eigenvalue weighted by atomic mass is 10.0. The van der Waals surface area contributed by atoms with Gasteiger partial charge in [0.25, 0.3) is 0 Å². The van der Waals surface area contributed by atoms with Gasteiger partial charge in [0.15, 0.2) is 0 Å². The molecule has 0 aliphatic rings. The van der Waals surface area contributed by atoms with Gasteiger partial charge in [-0.25, -0.2) is 4.39 Å². The highest BCUT2D eigenvalue weighted by Gasteiger charge is 2.07. The minimum absolute atomic E-state index is 0.0422. The van der Waals surface area contributed by atoms with E-state index in [1.54, 1.807) is 6.20 Å². The predicted octanol–water partition coefficient (Wildman–Crippen LogP) is 4.13. The first-order chi connectivity index (χ1) is 8.25. The van der Waals surface area contributed by atoms with E-state index in [9.17, 15) is 4.39 Å². The molecule has 0 saturated heterocycles. The van der Waals surface area contributed by atoms with Crippen molar-refractivity contribution in [3.8, 4) is 0 Å². The summed E-state index contributed by atoms with van der Waals surface area (Å²) in [6, 6.07) is 11.4. The molecule has 1 unspecified atom stereocenters. The zero-order chi connectivity index (χ0) is 12.1. The van der Waals surface area contributed by atoms with E-state index >= 15 is 0 Å². The van der Waals surface area contributed by atoms with Crippen molar-refractivity contribution in [2.45, 2.75) is 18.2 Å². The van der Waals surface area contributed by atoms with E-state index in [1.807, 2.05) is 30.3 Å². The van der Waals surface area contributed by atoms with E-state index in [-0.39, 0.29) is 11.2 Å². The molecule has 1 nitrogen and oxygen atoms in total. The smallest absolute Gasteiger partial charge is 0.141 e. The van der Waals surface area contributed by atoms with Crippen LogP contribution in [0.25, 0.3) is 0 Å². The number of hydrogen-bond donors (Lipinski definition) is 0. The number of aryl methyl sites for hydroxylation is 1. The standard InChI is InChI=1S/C14H13ClFN/c15-14(12-4-2-1-3-5-12)7-6-11-8-13(16)10-17-9-11/h1-5,8-10,14H,6-7H2. The molecule has 88 valence electrons.